The van der Waals surface area contributed by atoms with E-state index in [0.29, 0.717) is 5.22 Å². The maximum absolute atomic E-state index is 10.7. The van der Waals surface area contributed by atoms with Crippen LogP contribution in [0, 0.1) is 0 Å². The third-order valence-electron chi connectivity index (χ3n) is 2.17. The molecule has 0 aliphatic carbocycles. The van der Waals surface area contributed by atoms with Gasteiger partial charge in [-0.05, 0) is 12.1 Å². The Balaban J connectivity index is 2.57. The monoisotopic (exact) mass is 220 g/mol. The summed E-state index contributed by atoms with van der Waals surface area (Å²) >= 11 is 0. The van der Waals surface area contributed by atoms with Crippen LogP contribution in [0.3, 0.4) is 0 Å². The fraction of sp³-hybridized carbons (Fsp3) is 0. The van der Waals surface area contributed by atoms with E-state index in [-0.39, 0.29) is 5.56 Å². The number of nitrogens with zero attached hydrogens (tertiary/aromatic N) is 1. The smallest absolute Gasteiger partial charge is 0.430 e. The predicted molar refractivity (Wildman–Crippen MR) is 54.6 cm³/mol. The highest BCUT2D eigenvalue weighted by Crippen LogP contribution is 1.94. The molecule has 1 aliphatic heterocycles. The zero-order valence-electron chi connectivity index (χ0n) is 8.04. The SMILES string of the molecule is O=C(O)c1ccc2c(c1)=CN(C(=O)O)NC=2. The molecule has 82 valence electrons. The van der Waals surface area contributed by atoms with Crippen molar-refractivity contribution in [2.75, 3.05) is 0 Å². The van der Waals surface area contributed by atoms with E-state index in [1.807, 2.05) is 0 Å². The number of carboxylic acid groups (broad SMARTS) is 2. The van der Waals surface area contributed by atoms with Crippen LogP contribution < -0.4 is 15.9 Å². The van der Waals surface area contributed by atoms with Crippen molar-refractivity contribution in [2.24, 2.45) is 0 Å². The summed E-state index contributed by atoms with van der Waals surface area (Å²) in [5.74, 6) is -1.04. The molecule has 1 aromatic rings. The molecule has 1 aliphatic rings. The number of hydrogen-bond acceptors (Lipinski definition) is 3. The quantitative estimate of drug-likeness (QED) is 0.585. The fourth-order valence-corrected chi connectivity index (χ4v) is 1.38. The van der Waals surface area contributed by atoms with Gasteiger partial charge in [0.15, 0.2) is 0 Å². The maximum atomic E-state index is 10.7. The zero-order valence-corrected chi connectivity index (χ0v) is 8.04. The van der Waals surface area contributed by atoms with Crippen molar-refractivity contribution in [1.82, 2.24) is 10.4 Å². The molecule has 16 heavy (non-hydrogen) atoms. The highest BCUT2D eigenvalue weighted by Gasteiger charge is 2.10. The molecule has 1 amide bonds. The standard InChI is InChI=1S/C10H8N2O4/c13-9(14)6-1-2-7-4-11-12(10(15)16)5-8(7)3-6/h1-5,11H,(H,13,14)(H,15,16). The van der Waals surface area contributed by atoms with Crippen LogP contribution >= 0.6 is 0 Å². The highest BCUT2D eigenvalue weighted by atomic mass is 16.4. The molecule has 3 N–H and O–H groups in total. The first-order valence-electron chi connectivity index (χ1n) is 4.41. The van der Waals surface area contributed by atoms with E-state index in [1.54, 1.807) is 6.07 Å². The maximum Gasteiger partial charge on any atom is 0.430 e. The minimum Gasteiger partial charge on any atom is -0.478 e. The Hall–Kier alpha value is -2.50. The van der Waals surface area contributed by atoms with Gasteiger partial charge < -0.3 is 10.2 Å². The van der Waals surface area contributed by atoms with E-state index < -0.39 is 12.1 Å². The van der Waals surface area contributed by atoms with Crippen molar-refractivity contribution in [1.29, 1.82) is 0 Å². The number of carboxylic acids is 1. The van der Waals surface area contributed by atoms with Gasteiger partial charge in [0.2, 0.25) is 0 Å². The Bertz CT molecular complexity index is 579. The molecule has 0 unspecified atom stereocenters. The third kappa shape index (κ3) is 1.68. The first kappa shape index (κ1) is 10.0. The lowest BCUT2D eigenvalue weighted by atomic mass is 10.1. The topological polar surface area (TPSA) is 89.9 Å². The summed E-state index contributed by atoms with van der Waals surface area (Å²) in [6.07, 6.45) is 1.65. The third-order valence-corrected chi connectivity index (χ3v) is 2.17. The molecule has 6 nitrogen and oxygen atoms in total. The van der Waals surface area contributed by atoms with Crippen molar-refractivity contribution in [2.45, 2.75) is 0 Å². The number of rotatable bonds is 1. The van der Waals surface area contributed by atoms with Crippen LogP contribution in [-0.2, 0) is 0 Å². The number of benzene rings is 1. The van der Waals surface area contributed by atoms with Crippen molar-refractivity contribution < 1.29 is 19.8 Å². The Morgan fingerprint density at radius 3 is 2.56 bits per heavy atom. The molecule has 1 heterocycles. The lowest BCUT2D eigenvalue weighted by molar-refractivity contribution is 0.0696. The van der Waals surface area contributed by atoms with Crippen LogP contribution in [0.5, 0.6) is 0 Å². The summed E-state index contributed by atoms with van der Waals surface area (Å²) in [6.45, 7) is 0. The van der Waals surface area contributed by atoms with Gasteiger partial charge >= 0.3 is 12.1 Å². The van der Waals surface area contributed by atoms with Gasteiger partial charge in [0.05, 0.1) is 5.56 Å². The molecular formula is C10H8N2O4. The Morgan fingerprint density at radius 1 is 1.19 bits per heavy atom. The number of amides is 1. The molecule has 1 aromatic carbocycles. The molecular weight excluding hydrogens is 212 g/mol. The molecule has 0 saturated heterocycles. The van der Waals surface area contributed by atoms with Crippen LogP contribution in [-0.4, -0.2) is 27.3 Å². The first-order chi connectivity index (χ1) is 7.58. The van der Waals surface area contributed by atoms with Crippen molar-refractivity contribution in [3.8, 4) is 0 Å². The predicted octanol–water partition coefficient (Wildman–Crippen LogP) is -0.641. The second-order valence-electron chi connectivity index (χ2n) is 3.20. The largest absolute Gasteiger partial charge is 0.478 e. The van der Waals surface area contributed by atoms with E-state index in [2.05, 4.69) is 5.43 Å². The summed E-state index contributed by atoms with van der Waals surface area (Å²) in [4.78, 5) is 21.4. The number of aromatic carboxylic acids is 1. The van der Waals surface area contributed by atoms with Gasteiger partial charge in [0, 0.05) is 22.8 Å². The number of fused-ring (bicyclic) bond motifs is 1. The van der Waals surface area contributed by atoms with Gasteiger partial charge in [-0.2, -0.15) is 5.01 Å². The molecule has 0 bridgehead atoms. The first-order valence-corrected chi connectivity index (χ1v) is 4.41. The van der Waals surface area contributed by atoms with Gasteiger partial charge in [-0.1, -0.05) is 6.07 Å². The molecule has 0 radical (unpaired) electrons. The molecule has 0 aromatic heterocycles. The Kier molecular flexibility index (Phi) is 2.24. The van der Waals surface area contributed by atoms with Gasteiger partial charge in [-0.25, -0.2) is 9.59 Å². The molecule has 0 fully saturated rings. The molecule has 0 spiro atoms. The summed E-state index contributed by atoms with van der Waals surface area (Å²) in [7, 11) is 0. The van der Waals surface area contributed by atoms with Gasteiger partial charge in [0.1, 0.15) is 0 Å². The van der Waals surface area contributed by atoms with Crippen molar-refractivity contribution in [3.05, 3.63) is 34.2 Å². The normalized spacial score (nSPS) is 12.9. The van der Waals surface area contributed by atoms with Crippen LogP contribution in [0.1, 0.15) is 10.4 Å². The average molecular weight is 220 g/mol. The lowest BCUT2D eigenvalue weighted by Crippen LogP contribution is -2.44. The van der Waals surface area contributed by atoms with Gasteiger partial charge in [-0.15, -0.1) is 0 Å². The lowest BCUT2D eigenvalue weighted by Gasteiger charge is -2.16. The Labute approximate surface area is 89.7 Å². The van der Waals surface area contributed by atoms with E-state index in [4.69, 9.17) is 10.2 Å². The fourth-order valence-electron chi connectivity index (χ4n) is 1.38. The van der Waals surface area contributed by atoms with Gasteiger partial charge in [-0.3, -0.25) is 5.43 Å². The highest BCUT2D eigenvalue weighted by molar-refractivity contribution is 5.87. The van der Waals surface area contributed by atoms with E-state index in [9.17, 15) is 9.59 Å². The van der Waals surface area contributed by atoms with Crippen molar-refractivity contribution >= 4 is 24.5 Å². The second kappa shape index (κ2) is 3.58. The van der Waals surface area contributed by atoms with E-state index >= 15 is 0 Å². The van der Waals surface area contributed by atoms with Crippen LogP contribution in [0.25, 0.3) is 12.4 Å². The second-order valence-corrected chi connectivity index (χ2v) is 3.20. The summed E-state index contributed by atoms with van der Waals surface area (Å²) in [5.41, 5.74) is 2.65. The number of hydrogen-bond donors (Lipinski definition) is 3. The molecule has 0 saturated carbocycles. The summed E-state index contributed by atoms with van der Waals surface area (Å²) < 4.78 is 0. The van der Waals surface area contributed by atoms with Crippen LogP contribution in [0.2, 0.25) is 0 Å². The average Bonchev–Trinajstić information content (AvgIpc) is 2.27. The van der Waals surface area contributed by atoms with Gasteiger partial charge in [0.25, 0.3) is 0 Å². The summed E-state index contributed by atoms with van der Waals surface area (Å²) in [6, 6.07) is 4.50. The van der Waals surface area contributed by atoms with Crippen LogP contribution in [0.15, 0.2) is 18.2 Å². The zero-order chi connectivity index (χ0) is 11.7. The van der Waals surface area contributed by atoms with Crippen LogP contribution in [0.4, 0.5) is 4.79 Å². The molecule has 2 rings (SSSR count). The summed E-state index contributed by atoms with van der Waals surface area (Å²) in [5, 5.41) is 19.7. The van der Waals surface area contributed by atoms with Crippen molar-refractivity contribution in [3.63, 3.8) is 0 Å². The number of nitrogens with one attached hydrogen (secondary N) is 1. The number of carbonyl (C=O) groups is 2. The Morgan fingerprint density at radius 2 is 1.94 bits per heavy atom. The molecule has 6 heteroatoms. The minimum atomic E-state index is -1.16. The minimum absolute atomic E-state index is 0.121. The molecule has 0 atom stereocenters. The van der Waals surface area contributed by atoms with E-state index in [0.717, 1.165) is 10.2 Å². The number of hydrazine groups is 1. The van der Waals surface area contributed by atoms with E-state index in [1.165, 1.54) is 24.5 Å².